The number of amides is 1. The van der Waals surface area contributed by atoms with E-state index in [2.05, 4.69) is 5.32 Å². The van der Waals surface area contributed by atoms with Gasteiger partial charge in [-0.1, -0.05) is 37.1 Å². The summed E-state index contributed by atoms with van der Waals surface area (Å²) >= 11 is 0. The Morgan fingerprint density at radius 3 is 2.53 bits per heavy atom. The van der Waals surface area contributed by atoms with Crippen LogP contribution in [0.1, 0.15) is 54.1 Å². The number of esters is 1. The molecule has 2 aliphatic rings. The van der Waals surface area contributed by atoms with Gasteiger partial charge in [0.05, 0.1) is 16.9 Å². The van der Waals surface area contributed by atoms with Crippen molar-refractivity contribution in [2.24, 2.45) is 0 Å². The number of carbonyl (C=O) groups is 2. The molecule has 0 bridgehead atoms. The van der Waals surface area contributed by atoms with E-state index in [-0.39, 0.29) is 17.2 Å². The molecule has 0 aromatic heterocycles. The molecule has 0 radical (unpaired) electrons. The monoisotopic (exact) mass is 428 g/mol. The summed E-state index contributed by atoms with van der Waals surface area (Å²) < 4.78 is 32.8. The Bertz CT molecular complexity index is 1060. The van der Waals surface area contributed by atoms with Crippen molar-refractivity contribution < 1.29 is 22.7 Å². The zero-order chi connectivity index (χ0) is 21.1. The third-order valence-electron chi connectivity index (χ3n) is 5.47. The van der Waals surface area contributed by atoms with Crippen molar-refractivity contribution in [3.8, 4) is 0 Å². The molecule has 30 heavy (non-hydrogen) atoms. The first-order valence-electron chi connectivity index (χ1n) is 10.1. The van der Waals surface area contributed by atoms with Crippen LogP contribution < -0.4 is 5.32 Å². The zero-order valence-corrected chi connectivity index (χ0v) is 17.4. The fraction of sp³-hybridized carbons (Fsp3) is 0.364. The molecule has 1 N–H and O–H groups in total. The van der Waals surface area contributed by atoms with Gasteiger partial charge in [0.25, 0.3) is 0 Å². The van der Waals surface area contributed by atoms with Gasteiger partial charge in [-0.05, 0) is 37.1 Å². The molecule has 1 atom stereocenters. The van der Waals surface area contributed by atoms with Gasteiger partial charge >= 0.3 is 5.97 Å². The molecule has 2 aromatic carbocycles. The molecule has 2 aliphatic heterocycles. The molecule has 8 heteroatoms. The summed E-state index contributed by atoms with van der Waals surface area (Å²) in [7, 11) is -3.60. The van der Waals surface area contributed by atoms with Crippen molar-refractivity contribution in [1.82, 2.24) is 4.31 Å². The predicted octanol–water partition coefficient (Wildman–Crippen LogP) is 3.49. The van der Waals surface area contributed by atoms with Gasteiger partial charge in [0.1, 0.15) is 6.10 Å². The van der Waals surface area contributed by atoms with E-state index >= 15 is 0 Å². The summed E-state index contributed by atoms with van der Waals surface area (Å²) in [5.41, 5.74) is 1.56. The van der Waals surface area contributed by atoms with Gasteiger partial charge in [-0.3, -0.25) is 4.79 Å². The van der Waals surface area contributed by atoms with Crippen LogP contribution >= 0.6 is 0 Å². The molecule has 0 unspecified atom stereocenters. The number of fused-ring (bicyclic) bond motifs is 1. The lowest BCUT2D eigenvalue weighted by atomic mass is 10.0. The Morgan fingerprint density at radius 2 is 1.77 bits per heavy atom. The van der Waals surface area contributed by atoms with Crippen LogP contribution in [0.4, 0.5) is 5.69 Å². The number of anilines is 1. The van der Waals surface area contributed by atoms with Crippen LogP contribution in [-0.2, 0) is 19.6 Å². The molecule has 1 amide bonds. The highest BCUT2D eigenvalue weighted by Crippen LogP contribution is 2.33. The van der Waals surface area contributed by atoms with E-state index < -0.39 is 22.1 Å². The molecule has 1 fully saturated rings. The van der Waals surface area contributed by atoms with Crippen LogP contribution in [0.15, 0.2) is 53.4 Å². The lowest BCUT2D eigenvalue weighted by Gasteiger charge is -2.20. The molecule has 0 saturated carbocycles. The number of nitrogens with zero attached hydrogens (tertiary/aromatic N) is 1. The minimum atomic E-state index is -3.60. The smallest absolute Gasteiger partial charge is 0.339 e. The first-order chi connectivity index (χ1) is 14.4. The normalized spacial score (nSPS) is 19.6. The van der Waals surface area contributed by atoms with Crippen LogP contribution in [-0.4, -0.2) is 37.7 Å². The molecule has 158 valence electrons. The average molecular weight is 429 g/mol. The SMILES string of the molecule is O=C(C[C@@H]1OC(=O)c2ccccc21)Nc1cccc(S(=O)(=O)N2CCCCCC2)c1. The van der Waals surface area contributed by atoms with Gasteiger partial charge in [-0.2, -0.15) is 4.31 Å². The quantitative estimate of drug-likeness (QED) is 0.736. The molecule has 4 rings (SSSR count). The second kappa shape index (κ2) is 8.57. The third kappa shape index (κ3) is 4.24. The topological polar surface area (TPSA) is 92.8 Å². The van der Waals surface area contributed by atoms with E-state index in [0.29, 0.717) is 29.9 Å². The van der Waals surface area contributed by atoms with Gasteiger partial charge in [0.15, 0.2) is 0 Å². The molecule has 2 heterocycles. The van der Waals surface area contributed by atoms with E-state index in [9.17, 15) is 18.0 Å². The minimum absolute atomic E-state index is 0.0359. The van der Waals surface area contributed by atoms with Crippen molar-refractivity contribution in [3.63, 3.8) is 0 Å². The lowest BCUT2D eigenvalue weighted by Crippen LogP contribution is -2.32. The van der Waals surface area contributed by atoms with Gasteiger partial charge in [0, 0.05) is 24.3 Å². The number of hydrogen-bond donors (Lipinski definition) is 1. The molecule has 0 aliphatic carbocycles. The Morgan fingerprint density at radius 1 is 1.03 bits per heavy atom. The van der Waals surface area contributed by atoms with Crippen molar-refractivity contribution in [3.05, 3.63) is 59.7 Å². The summed E-state index contributed by atoms with van der Waals surface area (Å²) in [4.78, 5) is 24.6. The fourth-order valence-electron chi connectivity index (χ4n) is 3.92. The molecular formula is C22H24N2O5S. The second-order valence-electron chi connectivity index (χ2n) is 7.58. The molecule has 0 spiro atoms. The van der Waals surface area contributed by atoms with Crippen molar-refractivity contribution in [2.75, 3.05) is 18.4 Å². The minimum Gasteiger partial charge on any atom is -0.453 e. The predicted molar refractivity (Wildman–Crippen MR) is 112 cm³/mol. The molecule has 2 aromatic rings. The first-order valence-corrected chi connectivity index (χ1v) is 11.6. The number of hydrogen-bond acceptors (Lipinski definition) is 5. The number of sulfonamides is 1. The van der Waals surface area contributed by atoms with E-state index in [1.165, 1.54) is 10.4 Å². The van der Waals surface area contributed by atoms with E-state index in [0.717, 1.165) is 25.7 Å². The van der Waals surface area contributed by atoms with E-state index in [1.807, 2.05) is 0 Å². The van der Waals surface area contributed by atoms with Crippen LogP contribution in [0, 0.1) is 0 Å². The summed E-state index contributed by atoms with van der Waals surface area (Å²) in [6.45, 7) is 1.04. The number of carbonyl (C=O) groups excluding carboxylic acids is 2. The Kier molecular flexibility index (Phi) is 5.87. The van der Waals surface area contributed by atoms with Gasteiger partial charge in [0.2, 0.25) is 15.9 Å². The Labute approximate surface area is 176 Å². The summed E-state index contributed by atoms with van der Waals surface area (Å²) in [5.74, 6) is -0.789. The number of cyclic esters (lactones) is 1. The zero-order valence-electron chi connectivity index (χ0n) is 16.5. The first kappa shape index (κ1) is 20.6. The second-order valence-corrected chi connectivity index (χ2v) is 9.52. The van der Waals surface area contributed by atoms with Crippen molar-refractivity contribution in [2.45, 2.75) is 43.1 Å². The number of nitrogens with one attached hydrogen (secondary N) is 1. The van der Waals surface area contributed by atoms with Crippen LogP contribution in [0.5, 0.6) is 0 Å². The largest absolute Gasteiger partial charge is 0.453 e. The Hall–Kier alpha value is -2.71. The number of ether oxygens (including phenoxy) is 1. The molecule has 1 saturated heterocycles. The van der Waals surface area contributed by atoms with Gasteiger partial charge < -0.3 is 10.1 Å². The van der Waals surface area contributed by atoms with Crippen LogP contribution in [0.3, 0.4) is 0 Å². The maximum Gasteiger partial charge on any atom is 0.339 e. The third-order valence-corrected chi connectivity index (χ3v) is 7.36. The van der Waals surface area contributed by atoms with E-state index in [1.54, 1.807) is 42.5 Å². The number of rotatable bonds is 5. The van der Waals surface area contributed by atoms with Gasteiger partial charge in [-0.25, -0.2) is 13.2 Å². The highest BCUT2D eigenvalue weighted by Gasteiger charge is 2.32. The summed E-state index contributed by atoms with van der Waals surface area (Å²) in [6.07, 6.45) is 3.12. The fourth-order valence-corrected chi connectivity index (χ4v) is 5.48. The van der Waals surface area contributed by atoms with Crippen LogP contribution in [0.2, 0.25) is 0 Å². The number of benzene rings is 2. The standard InChI is InChI=1S/C22H24N2O5S/c25-21(15-20-18-10-3-4-11-19(18)22(26)29-20)23-16-8-7-9-17(14-16)30(27,28)24-12-5-1-2-6-13-24/h3-4,7-11,14,20H,1-2,5-6,12-13,15H2,(H,23,25)/t20-/m0/s1. The summed E-state index contributed by atoms with van der Waals surface area (Å²) in [5, 5.41) is 2.73. The van der Waals surface area contributed by atoms with Gasteiger partial charge in [-0.15, -0.1) is 0 Å². The highest BCUT2D eigenvalue weighted by molar-refractivity contribution is 7.89. The van der Waals surface area contributed by atoms with Crippen molar-refractivity contribution >= 4 is 27.6 Å². The summed E-state index contributed by atoms with van der Waals surface area (Å²) in [6, 6.07) is 13.3. The maximum atomic E-state index is 13.0. The van der Waals surface area contributed by atoms with E-state index in [4.69, 9.17) is 4.74 Å². The highest BCUT2D eigenvalue weighted by atomic mass is 32.2. The van der Waals surface area contributed by atoms with Crippen molar-refractivity contribution in [1.29, 1.82) is 0 Å². The average Bonchev–Trinajstić information content (AvgIpc) is 2.91. The molecule has 7 nitrogen and oxygen atoms in total. The maximum absolute atomic E-state index is 13.0. The molecular weight excluding hydrogens is 404 g/mol. The van der Waals surface area contributed by atoms with Crippen LogP contribution in [0.25, 0.3) is 0 Å². The Balaban J connectivity index is 1.46. The lowest BCUT2D eigenvalue weighted by molar-refractivity contribution is -0.118.